The molecule has 2 aromatic rings. The van der Waals surface area contributed by atoms with Gasteiger partial charge in [0.2, 0.25) is 0 Å². The van der Waals surface area contributed by atoms with E-state index in [0.717, 1.165) is 28.2 Å². The van der Waals surface area contributed by atoms with E-state index in [0.29, 0.717) is 0 Å². The first kappa shape index (κ1) is 11.4. The normalized spacial score (nSPS) is 11.4. The predicted molar refractivity (Wildman–Crippen MR) is 68.2 cm³/mol. The third kappa shape index (κ3) is 1.80. The molecular formula is C11H18N4S. The van der Waals surface area contributed by atoms with Gasteiger partial charge in [-0.3, -0.25) is 4.68 Å². The third-order valence-corrected chi connectivity index (χ3v) is 3.23. The molecule has 0 spiro atoms. The van der Waals surface area contributed by atoms with Gasteiger partial charge in [-0.1, -0.05) is 19.8 Å². The predicted octanol–water partition coefficient (Wildman–Crippen LogP) is 2.93. The van der Waals surface area contributed by atoms with Crippen LogP contribution in [0.15, 0.2) is 0 Å². The molecule has 0 fully saturated rings. The Kier molecular flexibility index (Phi) is 3.14. The van der Waals surface area contributed by atoms with Gasteiger partial charge in [0, 0.05) is 13.6 Å². The van der Waals surface area contributed by atoms with Crippen molar-refractivity contribution in [3.63, 3.8) is 0 Å². The third-order valence-electron chi connectivity index (χ3n) is 2.91. The van der Waals surface area contributed by atoms with E-state index in [4.69, 9.17) is 12.2 Å². The topological polar surface area (TPSA) is 38.5 Å². The van der Waals surface area contributed by atoms with E-state index in [1.807, 2.05) is 18.7 Å². The highest BCUT2D eigenvalue weighted by Crippen LogP contribution is 2.17. The fraction of sp³-hybridized carbons (Fsp3) is 0.636. The molecule has 0 saturated heterocycles. The van der Waals surface area contributed by atoms with Crippen LogP contribution in [0, 0.1) is 11.7 Å². The molecule has 2 heterocycles. The average Bonchev–Trinajstić information content (AvgIpc) is 2.69. The zero-order chi connectivity index (χ0) is 11.7. The molecule has 0 aliphatic rings. The highest BCUT2D eigenvalue weighted by molar-refractivity contribution is 7.71. The number of imidazole rings is 1. The first-order chi connectivity index (χ1) is 7.65. The molecule has 0 aromatic carbocycles. The van der Waals surface area contributed by atoms with Crippen LogP contribution in [0.5, 0.6) is 0 Å². The number of fused-ring (bicyclic) bond motifs is 1. The molecule has 0 radical (unpaired) electrons. The lowest BCUT2D eigenvalue weighted by Crippen LogP contribution is -2.03. The average molecular weight is 238 g/mol. The van der Waals surface area contributed by atoms with Crippen molar-refractivity contribution in [3.05, 3.63) is 10.5 Å². The van der Waals surface area contributed by atoms with E-state index in [1.165, 1.54) is 19.3 Å². The maximum atomic E-state index is 5.34. The summed E-state index contributed by atoms with van der Waals surface area (Å²) in [7, 11) is 1.97. The Labute approximate surface area is 100 Å². The Morgan fingerprint density at radius 3 is 2.81 bits per heavy atom. The lowest BCUT2D eigenvalue weighted by molar-refractivity contribution is 0.593. The van der Waals surface area contributed by atoms with E-state index in [1.54, 1.807) is 0 Å². The number of nitrogens with one attached hydrogen (secondary N) is 1. The minimum atomic E-state index is 0.808. The molecule has 0 bridgehead atoms. The number of H-pyrrole nitrogens is 1. The first-order valence-corrected chi connectivity index (χ1v) is 6.18. The summed E-state index contributed by atoms with van der Waals surface area (Å²) in [6, 6.07) is 0. The molecule has 16 heavy (non-hydrogen) atoms. The second-order valence-electron chi connectivity index (χ2n) is 4.20. The summed E-state index contributed by atoms with van der Waals surface area (Å²) in [4.78, 5) is 3.24. The van der Waals surface area contributed by atoms with Crippen molar-refractivity contribution in [1.82, 2.24) is 19.3 Å². The number of hydrogen-bond acceptors (Lipinski definition) is 2. The summed E-state index contributed by atoms with van der Waals surface area (Å²) in [5, 5.41) is 4.40. The molecule has 0 unspecified atom stereocenters. The maximum absolute atomic E-state index is 5.34. The van der Waals surface area contributed by atoms with Gasteiger partial charge in [0.1, 0.15) is 5.52 Å². The lowest BCUT2D eigenvalue weighted by Gasteiger charge is -2.03. The summed E-state index contributed by atoms with van der Waals surface area (Å²) in [5.74, 6) is 0. The first-order valence-electron chi connectivity index (χ1n) is 5.77. The van der Waals surface area contributed by atoms with Crippen molar-refractivity contribution in [2.75, 3.05) is 0 Å². The number of aryl methyl sites for hydroxylation is 3. The molecule has 0 saturated carbocycles. The van der Waals surface area contributed by atoms with E-state index in [9.17, 15) is 0 Å². The Morgan fingerprint density at radius 1 is 1.38 bits per heavy atom. The van der Waals surface area contributed by atoms with E-state index in [2.05, 4.69) is 21.6 Å². The molecule has 0 aliphatic heterocycles. The molecule has 2 aromatic heterocycles. The van der Waals surface area contributed by atoms with E-state index in [-0.39, 0.29) is 0 Å². The second kappa shape index (κ2) is 4.41. The Hall–Kier alpha value is -1.10. The van der Waals surface area contributed by atoms with Crippen molar-refractivity contribution >= 4 is 23.4 Å². The molecule has 4 nitrogen and oxygen atoms in total. The van der Waals surface area contributed by atoms with Gasteiger partial charge < -0.3 is 9.55 Å². The number of aromatic nitrogens is 4. The fourth-order valence-corrected chi connectivity index (χ4v) is 2.38. The summed E-state index contributed by atoms with van der Waals surface area (Å²) in [6.45, 7) is 5.19. The highest BCUT2D eigenvalue weighted by Gasteiger charge is 2.11. The van der Waals surface area contributed by atoms with Crippen LogP contribution in [0.4, 0.5) is 0 Å². The van der Waals surface area contributed by atoms with Crippen LogP contribution < -0.4 is 0 Å². The molecular weight excluding hydrogens is 220 g/mol. The van der Waals surface area contributed by atoms with Gasteiger partial charge >= 0.3 is 0 Å². The Bertz CT molecular complexity index is 546. The van der Waals surface area contributed by atoms with Crippen LogP contribution in [0.3, 0.4) is 0 Å². The number of hydrogen-bond donors (Lipinski definition) is 1. The Morgan fingerprint density at radius 2 is 2.12 bits per heavy atom. The molecule has 88 valence electrons. The van der Waals surface area contributed by atoms with Gasteiger partial charge in [-0.2, -0.15) is 5.10 Å². The van der Waals surface area contributed by atoms with Gasteiger partial charge in [0.05, 0.1) is 5.69 Å². The molecule has 0 aliphatic carbocycles. The van der Waals surface area contributed by atoms with Crippen molar-refractivity contribution in [2.24, 2.45) is 7.05 Å². The number of aromatic amines is 1. The molecule has 0 atom stereocenters. The minimum absolute atomic E-state index is 0.808. The second-order valence-corrected chi connectivity index (χ2v) is 4.58. The van der Waals surface area contributed by atoms with Crippen molar-refractivity contribution in [3.8, 4) is 0 Å². The van der Waals surface area contributed by atoms with Gasteiger partial charge in [-0.05, 0) is 25.6 Å². The summed E-state index contributed by atoms with van der Waals surface area (Å²) in [6.07, 6.45) is 3.64. The maximum Gasteiger partial charge on any atom is 0.179 e. The fourth-order valence-electron chi connectivity index (χ4n) is 2.10. The highest BCUT2D eigenvalue weighted by atomic mass is 32.1. The van der Waals surface area contributed by atoms with Gasteiger partial charge in [-0.25, -0.2) is 0 Å². The monoisotopic (exact) mass is 238 g/mol. The minimum Gasteiger partial charge on any atom is -0.328 e. The summed E-state index contributed by atoms with van der Waals surface area (Å²) >= 11 is 5.34. The molecule has 0 amide bonds. The number of rotatable bonds is 4. The van der Waals surface area contributed by atoms with Gasteiger partial charge in [-0.15, -0.1) is 0 Å². The van der Waals surface area contributed by atoms with Crippen LogP contribution in [0.2, 0.25) is 0 Å². The largest absolute Gasteiger partial charge is 0.328 e. The van der Waals surface area contributed by atoms with Crippen molar-refractivity contribution < 1.29 is 0 Å². The quantitative estimate of drug-likeness (QED) is 0.657. The SMILES string of the molecule is CCCCCn1c(=S)[nH]c2c(C)nn(C)c21. The molecule has 2 rings (SSSR count). The van der Waals surface area contributed by atoms with Gasteiger partial charge in [0.15, 0.2) is 10.4 Å². The standard InChI is InChI=1S/C11H18N4S/c1-4-5-6-7-15-10-9(12-11(15)16)8(2)13-14(10)3/h4-7H2,1-3H3,(H,12,16). The van der Waals surface area contributed by atoms with Crippen LogP contribution >= 0.6 is 12.2 Å². The number of unbranched alkanes of at least 4 members (excludes halogenated alkanes) is 2. The summed E-state index contributed by atoms with van der Waals surface area (Å²) < 4.78 is 4.87. The van der Waals surface area contributed by atoms with Crippen LogP contribution in [0.1, 0.15) is 31.9 Å². The zero-order valence-corrected chi connectivity index (χ0v) is 10.9. The smallest absolute Gasteiger partial charge is 0.179 e. The zero-order valence-electron chi connectivity index (χ0n) is 10.1. The van der Waals surface area contributed by atoms with Gasteiger partial charge in [0.25, 0.3) is 0 Å². The lowest BCUT2D eigenvalue weighted by atomic mass is 10.2. The van der Waals surface area contributed by atoms with E-state index < -0.39 is 0 Å². The van der Waals surface area contributed by atoms with E-state index >= 15 is 0 Å². The van der Waals surface area contributed by atoms with Crippen molar-refractivity contribution in [2.45, 2.75) is 39.7 Å². The molecule has 5 heteroatoms. The molecule has 1 N–H and O–H groups in total. The number of nitrogens with zero attached hydrogens (tertiary/aromatic N) is 3. The Balaban J connectivity index is 2.43. The van der Waals surface area contributed by atoms with Crippen molar-refractivity contribution in [1.29, 1.82) is 0 Å². The van der Waals surface area contributed by atoms with Crippen LogP contribution in [-0.4, -0.2) is 19.3 Å². The summed E-state index contributed by atoms with van der Waals surface area (Å²) in [5.41, 5.74) is 3.19. The van der Waals surface area contributed by atoms with Crippen LogP contribution in [-0.2, 0) is 13.6 Å². The van der Waals surface area contributed by atoms with Crippen LogP contribution in [0.25, 0.3) is 11.2 Å².